The van der Waals surface area contributed by atoms with Crippen molar-refractivity contribution in [3.05, 3.63) is 46.6 Å². The van der Waals surface area contributed by atoms with E-state index in [0.29, 0.717) is 17.9 Å². The minimum absolute atomic E-state index is 0.0151. The zero-order valence-corrected chi connectivity index (χ0v) is 16.1. The second-order valence-corrected chi connectivity index (χ2v) is 9.28. The van der Waals surface area contributed by atoms with Crippen molar-refractivity contribution in [1.29, 1.82) is 0 Å². The summed E-state index contributed by atoms with van der Waals surface area (Å²) in [6.45, 7) is 1.76. The van der Waals surface area contributed by atoms with Gasteiger partial charge in [-0.25, -0.2) is 13.1 Å². The largest absolute Gasteiger partial charge is 0.307 e. The first-order valence-electron chi connectivity index (χ1n) is 8.70. The topological polar surface area (TPSA) is 118 Å². The molecule has 0 aliphatic carbocycles. The predicted octanol–water partition coefficient (Wildman–Crippen LogP) is 1.03. The molecule has 10 heteroatoms. The molecule has 9 nitrogen and oxygen atoms in total. The van der Waals surface area contributed by atoms with Crippen LogP contribution in [0.2, 0.25) is 0 Å². The van der Waals surface area contributed by atoms with Crippen LogP contribution < -0.4 is 5.32 Å². The molecule has 0 bridgehead atoms. The Morgan fingerprint density at radius 2 is 1.89 bits per heavy atom. The maximum Gasteiger partial charge on any atom is 0.261 e. The van der Waals surface area contributed by atoms with E-state index in [-0.39, 0.29) is 34.2 Å². The van der Waals surface area contributed by atoms with Crippen molar-refractivity contribution in [3.8, 4) is 0 Å². The molecule has 2 aliphatic heterocycles. The SMILES string of the molecule is Cc1cc(NC(=O)c2ccc3c(c2)C(=O)N(C)C3=O)n([C@@H]2CCS(=O)(=O)C2)n1. The van der Waals surface area contributed by atoms with Crippen LogP contribution in [-0.4, -0.2) is 59.4 Å². The summed E-state index contributed by atoms with van der Waals surface area (Å²) >= 11 is 0. The van der Waals surface area contributed by atoms with Crippen molar-refractivity contribution >= 4 is 33.4 Å². The molecule has 2 aliphatic rings. The number of imide groups is 1. The minimum atomic E-state index is -3.10. The lowest BCUT2D eigenvalue weighted by Gasteiger charge is -2.14. The number of nitrogens with zero attached hydrogens (tertiary/aromatic N) is 3. The van der Waals surface area contributed by atoms with Crippen molar-refractivity contribution in [2.45, 2.75) is 19.4 Å². The summed E-state index contributed by atoms with van der Waals surface area (Å²) in [6.07, 6.45) is 0.439. The van der Waals surface area contributed by atoms with E-state index in [0.717, 1.165) is 4.90 Å². The third kappa shape index (κ3) is 2.99. The minimum Gasteiger partial charge on any atom is -0.307 e. The van der Waals surface area contributed by atoms with Gasteiger partial charge in [0.15, 0.2) is 9.84 Å². The lowest BCUT2D eigenvalue weighted by Crippen LogP contribution is -2.24. The molecule has 0 spiro atoms. The molecular formula is C18H18N4O5S. The number of nitrogens with one attached hydrogen (secondary N) is 1. The van der Waals surface area contributed by atoms with Gasteiger partial charge >= 0.3 is 0 Å². The Hall–Kier alpha value is -3.01. The summed E-state index contributed by atoms with van der Waals surface area (Å²) in [7, 11) is -1.71. The van der Waals surface area contributed by atoms with Gasteiger partial charge < -0.3 is 5.32 Å². The van der Waals surface area contributed by atoms with Gasteiger partial charge in [-0.3, -0.25) is 19.3 Å². The highest BCUT2D eigenvalue weighted by atomic mass is 32.2. The number of rotatable bonds is 3. The van der Waals surface area contributed by atoms with Crippen LogP contribution in [0.5, 0.6) is 0 Å². The number of hydrogen-bond acceptors (Lipinski definition) is 6. The van der Waals surface area contributed by atoms with E-state index < -0.39 is 27.6 Å². The zero-order chi connectivity index (χ0) is 20.2. The van der Waals surface area contributed by atoms with Gasteiger partial charge in [0.05, 0.1) is 34.4 Å². The first-order chi connectivity index (χ1) is 13.2. The molecule has 28 heavy (non-hydrogen) atoms. The first kappa shape index (κ1) is 18.4. The van der Waals surface area contributed by atoms with Gasteiger partial charge in [-0.15, -0.1) is 0 Å². The predicted molar refractivity (Wildman–Crippen MR) is 100 cm³/mol. The highest BCUT2D eigenvalue weighted by molar-refractivity contribution is 7.91. The molecule has 1 aromatic heterocycles. The Morgan fingerprint density at radius 1 is 1.18 bits per heavy atom. The highest BCUT2D eigenvalue weighted by Crippen LogP contribution is 2.28. The average molecular weight is 402 g/mol. The van der Waals surface area contributed by atoms with E-state index in [2.05, 4.69) is 10.4 Å². The van der Waals surface area contributed by atoms with E-state index >= 15 is 0 Å². The number of benzene rings is 1. The number of hydrogen-bond donors (Lipinski definition) is 1. The summed E-state index contributed by atoms with van der Waals surface area (Å²) in [4.78, 5) is 37.8. The number of sulfone groups is 1. The molecule has 1 atom stereocenters. The fourth-order valence-corrected chi connectivity index (χ4v) is 5.24. The number of fused-ring (bicyclic) bond motifs is 1. The van der Waals surface area contributed by atoms with E-state index in [1.165, 1.54) is 29.9 Å². The summed E-state index contributed by atoms with van der Waals surface area (Å²) < 4.78 is 25.1. The second-order valence-electron chi connectivity index (χ2n) is 7.06. The van der Waals surface area contributed by atoms with Gasteiger partial charge in [0.25, 0.3) is 17.7 Å². The van der Waals surface area contributed by atoms with Gasteiger partial charge in [-0.2, -0.15) is 5.10 Å². The fraction of sp³-hybridized carbons (Fsp3) is 0.333. The molecule has 3 heterocycles. The lowest BCUT2D eigenvalue weighted by atomic mass is 10.1. The van der Waals surface area contributed by atoms with Gasteiger partial charge in [0.2, 0.25) is 0 Å². The molecule has 1 N–H and O–H groups in total. The van der Waals surface area contributed by atoms with Crippen LogP contribution in [0.1, 0.15) is 49.2 Å². The number of aromatic nitrogens is 2. The van der Waals surface area contributed by atoms with E-state index in [4.69, 9.17) is 0 Å². The molecule has 146 valence electrons. The number of amides is 3. The zero-order valence-electron chi connectivity index (χ0n) is 15.3. The maximum absolute atomic E-state index is 12.7. The summed E-state index contributed by atoms with van der Waals surface area (Å²) in [5.41, 5.74) is 1.32. The number of carbonyl (C=O) groups is 3. The van der Waals surface area contributed by atoms with E-state index in [1.807, 2.05) is 0 Å². The summed E-state index contributed by atoms with van der Waals surface area (Å²) in [5, 5.41) is 7.06. The van der Waals surface area contributed by atoms with Crippen LogP contribution in [-0.2, 0) is 9.84 Å². The van der Waals surface area contributed by atoms with Crippen molar-refractivity contribution < 1.29 is 22.8 Å². The standard InChI is InChI=1S/C18H18N4O5S/c1-10-7-15(22(20-10)12-5-6-28(26,27)9-12)19-16(23)11-3-4-13-14(8-11)18(25)21(2)17(13)24/h3-4,7-8,12H,5-6,9H2,1-2H3,(H,19,23)/t12-/m1/s1. The van der Waals surface area contributed by atoms with Crippen LogP contribution in [0.15, 0.2) is 24.3 Å². The van der Waals surface area contributed by atoms with Crippen LogP contribution in [0.4, 0.5) is 5.82 Å². The fourth-order valence-electron chi connectivity index (χ4n) is 3.55. The highest BCUT2D eigenvalue weighted by Gasteiger charge is 2.34. The monoisotopic (exact) mass is 402 g/mol. The molecule has 2 aromatic rings. The van der Waals surface area contributed by atoms with E-state index in [1.54, 1.807) is 13.0 Å². The van der Waals surface area contributed by atoms with Gasteiger partial charge in [-0.1, -0.05) is 0 Å². The van der Waals surface area contributed by atoms with Crippen molar-refractivity contribution in [1.82, 2.24) is 14.7 Å². The van der Waals surface area contributed by atoms with Crippen LogP contribution in [0.3, 0.4) is 0 Å². The second kappa shape index (κ2) is 6.26. The first-order valence-corrected chi connectivity index (χ1v) is 10.5. The number of aryl methyl sites for hydroxylation is 1. The smallest absolute Gasteiger partial charge is 0.261 e. The Labute approximate surface area is 161 Å². The molecule has 4 rings (SSSR count). The molecule has 3 amide bonds. The van der Waals surface area contributed by atoms with Gasteiger partial charge in [-0.05, 0) is 31.5 Å². The van der Waals surface area contributed by atoms with Gasteiger partial charge in [0.1, 0.15) is 5.82 Å². The third-order valence-corrected chi connectivity index (χ3v) is 6.76. The van der Waals surface area contributed by atoms with Gasteiger partial charge in [0, 0.05) is 18.7 Å². The van der Waals surface area contributed by atoms with E-state index in [9.17, 15) is 22.8 Å². The Bertz CT molecular complexity index is 1130. The average Bonchev–Trinajstić information content (AvgIpc) is 3.26. The molecular weight excluding hydrogens is 384 g/mol. The van der Waals surface area contributed by atoms with Crippen molar-refractivity contribution in [2.75, 3.05) is 23.9 Å². The third-order valence-electron chi connectivity index (χ3n) is 5.01. The van der Waals surface area contributed by atoms with Crippen LogP contribution in [0, 0.1) is 6.92 Å². The normalized spacial score (nSPS) is 20.5. The van der Waals surface area contributed by atoms with Crippen LogP contribution in [0.25, 0.3) is 0 Å². The molecule has 1 fully saturated rings. The Morgan fingerprint density at radius 3 is 2.57 bits per heavy atom. The van der Waals surface area contributed by atoms with Crippen LogP contribution >= 0.6 is 0 Å². The molecule has 0 saturated carbocycles. The number of anilines is 1. The molecule has 1 aromatic carbocycles. The lowest BCUT2D eigenvalue weighted by molar-refractivity contribution is 0.0693. The Kier molecular flexibility index (Phi) is 4.11. The number of carbonyl (C=O) groups excluding carboxylic acids is 3. The summed E-state index contributed by atoms with van der Waals surface area (Å²) in [6, 6.07) is 5.66. The molecule has 1 saturated heterocycles. The Balaban J connectivity index is 1.61. The summed E-state index contributed by atoms with van der Waals surface area (Å²) in [5.74, 6) is -0.851. The van der Waals surface area contributed by atoms with Crippen molar-refractivity contribution in [3.63, 3.8) is 0 Å². The maximum atomic E-state index is 12.7. The van der Waals surface area contributed by atoms with Crippen molar-refractivity contribution in [2.24, 2.45) is 0 Å². The quantitative estimate of drug-likeness (QED) is 0.766. The molecule has 0 radical (unpaired) electrons. The molecule has 0 unspecified atom stereocenters.